The van der Waals surface area contributed by atoms with Crippen LogP contribution in [0.15, 0.2) is 46.9 Å². The van der Waals surface area contributed by atoms with E-state index in [2.05, 4.69) is 18.0 Å². The molecule has 1 aromatic heterocycles. The number of rotatable bonds is 8. The number of aromatic nitrogens is 1. The van der Waals surface area contributed by atoms with Crippen molar-refractivity contribution in [3.05, 3.63) is 59.5 Å². The van der Waals surface area contributed by atoms with Gasteiger partial charge in [-0.15, -0.1) is 0 Å². The first-order chi connectivity index (χ1) is 13.5. The van der Waals surface area contributed by atoms with Crippen LogP contribution in [0.25, 0.3) is 11.5 Å². The first-order valence-corrected chi connectivity index (χ1v) is 9.04. The van der Waals surface area contributed by atoms with Gasteiger partial charge in [0.25, 0.3) is 0 Å². The van der Waals surface area contributed by atoms with Crippen molar-refractivity contribution in [2.24, 2.45) is 0 Å². The lowest BCUT2D eigenvalue weighted by Crippen LogP contribution is -2.18. The molecule has 0 aliphatic heterocycles. The summed E-state index contributed by atoms with van der Waals surface area (Å²) in [6, 6.07) is 13.7. The van der Waals surface area contributed by atoms with E-state index in [4.69, 9.17) is 23.6 Å². The van der Waals surface area contributed by atoms with Gasteiger partial charge in [-0.05, 0) is 43.8 Å². The maximum absolute atomic E-state index is 5.94. The normalized spacial score (nSPS) is 10.9. The second-order valence-electron chi connectivity index (χ2n) is 6.59. The van der Waals surface area contributed by atoms with Gasteiger partial charge in [0.1, 0.15) is 11.5 Å². The lowest BCUT2D eigenvalue weighted by atomic mass is 10.2. The summed E-state index contributed by atoms with van der Waals surface area (Å²) in [6.45, 7) is 3.37. The van der Waals surface area contributed by atoms with Gasteiger partial charge in [-0.1, -0.05) is 18.2 Å². The highest BCUT2D eigenvalue weighted by Crippen LogP contribution is 2.38. The Morgan fingerprint density at radius 2 is 1.75 bits per heavy atom. The van der Waals surface area contributed by atoms with E-state index in [-0.39, 0.29) is 0 Å². The standard InChI is InChI=1S/C22H26N2O4/c1-15-19(14-24(2)13-16-8-6-9-17(12-16)25-3)23-22(28-15)18-10-7-11-20(26-4)21(18)27-5/h6-12H,13-14H2,1-5H3. The summed E-state index contributed by atoms with van der Waals surface area (Å²) >= 11 is 0. The van der Waals surface area contributed by atoms with Crippen LogP contribution in [-0.2, 0) is 13.1 Å². The zero-order valence-electron chi connectivity index (χ0n) is 17.0. The first-order valence-electron chi connectivity index (χ1n) is 9.04. The number of ether oxygens (including phenoxy) is 3. The molecule has 0 fully saturated rings. The van der Waals surface area contributed by atoms with Crippen molar-refractivity contribution in [1.29, 1.82) is 0 Å². The molecule has 0 amide bonds. The van der Waals surface area contributed by atoms with Gasteiger partial charge in [-0.3, -0.25) is 4.90 Å². The van der Waals surface area contributed by atoms with Gasteiger partial charge in [0, 0.05) is 13.1 Å². The molecule has 6 nitrogen and oxygen atoms in total. The molecule has 0 spiro atoms. The van der Waals surface area contributed by atoms with Crippen molar-refractivity contribution in [1.82, 2.24) is 9.88 Å². The van der Waals surface area contributed by atoms with Crippen LogP contribution in [0.1, 0.15) is 17.0 Å². The zero-order chi connectivity index (χ0) is 20.1. The van der Waals surface area contributed by atoms with Crippen LogP contribution in [0, 0.1) is 6.92 Å². The van der Waals surface area contributed by atoms with Crippen molar-refractivity contribution in [2.45, 2.75) is 20.0 Å². The Labute approximate surface area is 165 Å². The summed E-state index contributed by atoms with van der Waals surface area (Å²) in [5, 5.41) is 0. The van der Waals surface area contributed by atoms with Gasteiger partial charge in [-0.25, -0.2) is 4.98 Å². The third kappa shape index (κ3) is 4.28. The molecule has 3 aromatic rings. The third-order valence-electron chi connectivity index (χ3n) is 4.53. The minimum Gasteiger partial charge on any atom is -0.497 e. The number of hydrogen-bond acceptors (Lipinski definition) is 6. The predicted molar refractivity (Wildman–Crippen MR) is 108 cm³/mol. The highest BCUT2D eigenvalue weighted by Gasteiger charge is 2.19. The maximum Gasteiger partial charge on any atom is 0.230 e. The number of aryl methyl sites for hydroxylation is 1. The molecule has 1 heterocycles. The molecule has 0 radical (unpaired) electrons. The molecule has 3 rings (SSSR count). The summed E-state index contributed by atoms with van der Waals surface area (Å²) in [7, 11) is 6.96. The smallest absolute Gasteiger partial charge is 0.230 e. The lowest BCUT2D eigenvalue weighted by molar-refractivity contribution is 0.312. The second kappa shape index (κ2) is 8.80. The highest BCUT2D eigenvalue weighted by molar-refractivity contribution is 5.68. The molecule has 6 heteroatoms. The van der Waals surface area contributed by atoms with E-state index < -0.39 is 0 Å². The van der Waals surface area contributed by atoms with Crippen LogP contribution in [0.5, 0.6) is 17.2 Å². The van der Waals surface area contributed by atoms with Crippen LogP contribution in [0.2, 0.25) is 0 Å². The van der Waals surface area contributed by atoms with Gasteiger partial charge in [0.05, 0.1) is 32.6 Å². The van der Waals surface area contributed by atoms with E-state index in [0.717, 1.165) is 29.3 Å². The van der Waals surface area contributed by atoms with Gasteiger partial charge in [0.2, 0.25) is 5.89 Å². The quantitative estimate of drug-likeness (QED) is 0.579. The topological polar surface area (TPSA) is 57.0 Å². The highest BCUT2D eigenvalue weighted by atomic mass is 16.5. The molecule has 0 bridgehead atoms. The Bertz CT molecular complexity index is 936. The molecule has 28 heavy (non-hydrogen) atoms. The molecular formula is C22H26N2O4. The van der Waals surface area contributed by atoms with Crippen LogP contribution in [-0.4, -0.2) is 38.3 Å². The van der Waals surface area contributed by atoms with Crippen molar-refractivity contribution in [3.63, 3.8) is 0 Å². The molecule has 0 saturated heterocycles. The van der Waals surface area contributed by atoms with Gasteiger partial charge < -0.3 is 18.6 Å². The van der Waals surface area contributed by atoms with Crippen molar-refractivity contribution in [3.8, 4) is 28.7 Å². The van der Waals surface area contributed by atoms with E-state index in [1.807, 2.05) is 43.3 Å². The average molecular weight is 382 g/mol. The SMILES string of the molecule is COc1cccc(CN(C)Cc2nc(-c3cccc(OC)c3OC)oc2C)c1. The van der Waals surface area contributed by atoms with Crippen LogP contribution >= 0.6 is 0 Å². The predicted octanol–water partition coefficient (Wildman–Crippen LogP) is 4.31. The minimum absolute atomic E-state index is 0.526. The molecule has 0 unspecified atom stereocenters. The number of oxazole rings is 1. The summed E-state index contributed by atoms with van der Waals surface area (Å²) in [5.74, 6) is 3.43. The largest absolute Gasteiger partial charge is 0.497 e. The fourth-order valence-corrected chi connectivity index (χ4v) is 3.14. The average Bonchev–Trinajstić information content (AvgIpc) is 3.07. The monoisotopic (exact) mass is 382 g/mol. The lowest BCUT2D eigenvalue weighted by Gasteiger charge is -2.16. The Morgan fingerprint density at radius 1 is 0.964 bits per heavy atom. The molecule has 0 N–H and O–H groups in total. The summed E-state index contributed by atoms with van der Waals surface area (Å²) in [6.07, 6.45) is 0. The third-order valence-corrected chi connectivity index (χ3v) is 4.53. The molecular weight excluding hydrogens is 356 g/mol. The first kappa shape index (κ1) is 19.8. The van der Waals surface area contributed by atoms with Crippen LogP contribution < -0.4 is 14.2 Å². The maximum atomic E-state index is 5.94. The van der Waals surface area contributed by atoms with Gasteiger partial charge in [-0.2, -0.15) is 0 Å². The van der Waals surface area contributed by atoms with Crippen molar-refractivity contribution >= 4 is 0 Å². The number of para-hydroxylation sites is 1. The summed E-state index contributed by atoms with van der Waals surface area (Å²) < 4.78 is 22.1. The fourth-order valence-electron chi connectivity index (χ4n) is 3.14. The van der Waals surface area contributed by atoms with E-state index in [0.29, 0.717) is 23.9 Å². The molecule has 0 aliphatic carbocycles. The Balaban J connectivity index is 1.79. The van der Waals surface area contributed by atoms with Crippen molar-refractivity contribution in [2.75, 3.05) is 28.4 Å². The van der Waals surface area contributed by atoms with Gasteiger partial charge in [0.15, 0.2) is 11.5 Å². The number of hydrogen-bond donors (Lipinski definition) is 0. The molecule has 148 valence electrons. The van der Waals surface area contributed by atoms with Crippen molar-refractivity contribution < 1.29 is 18.6 Å². The second-order valence-corrected chi connectivity index (χ2v) is 6.59. The molecule has 0 aliphatic rings. The summed E-state index contributed by atoms with van der Waals surface area (Å²) in [4.78, 5) is 6.90. The number of methoxy groups -OCH3 is 3. The van der Waals surface area contributed by atoms with E-state index in [1.54, 1.807) is 21.3 Å². The van der Waals surface area contributed by atoms with E-state index in [1.165, 1.54) is 5.56 Å². The van der Waals surface area contributed by atoms with Gasteiger partial charge >= 0.3 is 0 Å². The molecule has 0 atom stereocenters. The van der Waals surface area contributed by atoms with E-state index in [9.17, 15) is 0 Å². The van der Waals surface area contributed by atoms with E-state index >= 15 is 0 Å². The van der Waals surface area contributed by atoms with Crippen LogP contribution in [0.4, 0.5) is 0 Å². The molecule has 0 saturated carbocycles. The molecule has 2 aromatic carbocycles. The van der Waals surface area contributed by atoms with Crippen LogP contribution in [0.3, 0.4) is 0 Å². The Kier molecular flexibility index (Phi) is 6.21. The Morgan fingerprint density at radius 3 is 2.46 bits per heavy atom. The number of benzene rings is 2. The zero-order valence-corrected chi connectivity index (χ0v) is 17.0. The number of nitrogens with zero attached hydrogens (tertiary/aromatic N) is 2. The minimum atomic E-state index is 0.526. The fraction of sp³-hybridized carbons (Fsp3) is 0.318. The Hall–Kier alpha value is -2.99. The summed E-state index contributed by atoms with van der Waals surface area (Å²) in [5.41, 5.74) is 2.84.